The van der Waals surface area contributed by atoms with Crippen molar-refractivity contribution in [3.63, 3.8) is 0 Å². The number of ether oxygens (including phenoxy) is 1. The van der Waals surface area contributed by atoms with Gasteiger partial charge in [0.05, 0.1) is 12.7 Å². The third kappa shape index (κ3) is 4.57. The molecule has 2 aliphatic rings. The number of hydrogen-bond donors (Lipinski definition) is 2. The molecule has 4 rings (SSSR count). The summed E-state index contributed by atoms with van der Waals surface area (Å²) < 4.78 is 5.20. The molecule has 2 fully saturated rings. The molecule has 2 N–H and O–H groups in total. The highest BCUT2D eigenvalue weighted by Crippen LogP contribution is 2.21. The van der Waals surface area contributed by atoms with Crippen LogP contribution in [0.3, 0.4) is 0 Å². The van der Waals surface area contributed by atoms with E-state index in [-0.39, 0.29) is 5.91 Å². The van der Waals surface area contributed by atoms with Crippen molar-refractivity contribution in [2.24, 2.45) is 0 Å². The number of carbonyl (C=O) groups is 1. The van der Waals surface area contributed by atoms with Gasteiger partial charge in [-0.05, 0) is 49.1 Å². The summed E-state index contributed by atoms with van der Waals surface area (Å²) in [6.07, 6.45) is 4.96. The van der Waals surface area contributed by atoms with E-state index in [2.05, 4.69) is 32.7 Å². The Hall–Kier alpha value is -2.60. The summed E-state index contributed by atoms with van der Waals surface area (Å²) in [7, 11) is 1.68. The molecule has 1 atom stereocenters. The maximum Gasteiger partial charge on any atom is 0.253 e. The van der Waals surface area contributed by atoms with Crippen molar-refractivity contribution in [1.29, 1.82) is 0 Å². The summed E-state index contributed by atoms with van der Waals surface area (Å²) in [6, 6.07) is 12.8. The van der Waals surface area contributed by atoms with Gasteiger partial charge in [0, 0.05) is 37.9 Å². The van der Waals surface area contributed by atoms with Crippen molar-refractivity contribution in [2.45, 2.75) is 37.9 Å². The first-order valence-electron chi connectivity index (χ1n) is 9.59. The number of amides is 1. The molecule has 1 aromatic carbocycles. The highest BCUT2D eigenvalue weighted by Gasteiger charge is 2.25. The van der Waals surface area contributed by atoms with Gasteiger partial charge < -0.3 is 20.3 Å². The van der Waals surface area contributed by atoms with E-state index in [1.807, 2.05) is 24.3 Å². The lowest BCUT2D eigenvalue weighted by molar-refractivity contribution is 0.0950. The summed E-state index contributed by atoms with van der Waals surface area (Å²) in [5, 5.41) is 6.61. The molecule has 1 saturated carbocycles. The molecule has 0 radical (unpaired) electrons. The maximum absolute atomic E-state index is 12.1. The minimum absolute atomic E-state index is 0.0167. The van der Waals surface area contributed by atoms with Crippen LogP contribution in [0, 0.1) is 0 Å². The van der Waals surface area contributed by atoms with Crippen LogP contribution in [-0.2, 0) is 6.54 Å². The predicted octanol–water partition coefficient (Wildman–Crippen LogP) is 2.35. The van der Waals surface area contributed by atoms with Gasteiger partial charge in [0.1, 0.15) is 11.6 Å². The Bertz CT molecular complexity index is 772. The fourth-order valence-corrected chi connectivity index (χ4v) is 3.34. The second-order valence-corrected chi connectivity index (χ2v) is 7.31. The zero-order valence-corrected chi connectivity index (χ0v) is 15.6. The van der Waals surface area contributed by atoms with Crippen LogP contribution >= 0.6 is 0 Å². The number of rotatable bonds is 7. The predicted molar refractivity (Wildman–Crippen MR) is 105 cm³/mol. The van der Waals surface area contributed by atoms with E-state index < -0.39 is 0 Å². The van der Waals surface area contributed by atoms with E-state index in [0.717, 1.165) is 50.5 Å². The fraction of sp³-hybridized carbons (Fsp3) is 0.429. The van der Waals surface area contributed by atoms with Crippen molar-refractivity contribution >= 4 is 11.7 Å². The van der Waals surface area contributed by atoms with Crippen LogP contribution < -0.4 is 20.3 Å². The second kappa shape index (κ2) is 7.96. The Morgan fingerprint density at radius 3 is 2.63 bits per heavy atom. The lowest BCUT2D eigenvalue weighted by Gasteiger charge is -2.18. The molecule has 0 spiro atoms. The number of carbonyl (C=O) groups excluding carboxylic acids is 1. The van der Waals surface area contributed by atoms with Crippen molar-refractivity contribution < 1.29 is 9.53 Å². The summed E-state index contributed by atoms with van der Waals surface area (Å²) >= 11 is 0. The monoisotopic (exact) mass is 366 g/mol. The number of anilines is 1. The molecule has 1 aromatic heterocycles. The number of nitrogens with zero attached hydrogens (tertiary/aromatic N) is 2. The average molecular weight is 366 g/mol. The van der Waals surface area contributed by atoms with Crippen molar-refractivity contribution in [3.05, 3.63) is 53.7 Å². The van der Waals surface area contributed by atoms with Crippen LogP contribution in [0.4, 0.5) is 5.82 Å². The van der Waals surface area contributed by atoms with E-state index in [9.17, 15) is 4.79 Å². The normalized spacial score (nSPS) is 19.1. The van der Waals surface area contributed by atoms with E-state index in [4.69, 9.17) is 4.74 Å². The van der Waals surface area contributed by atoms with Gasteiger partial charge in [-0.3, -0.25) is 4.79 Å². The van der Waals surface area contributed by atoms with Crippen LogP contribution in [-0.4, -0.2) is 43.2 Å². The summed E-state index contributed by atoms with van der Waals surface area (Å²) in [5.41, 5.74) is 1.89. The Labute approximate surface area is 159 Å². The summed E-state index contributed by atoms with van der Waals surface area (Å²) in [6.45, 7) is 2.74. The molecule has 0 bridgehead atoms. The molecule has 0 unspecified atom stereocenters. The van der Waals surface area contributed by atoms with Crippen LogP contribution in [0.15, 0.2) is 42.6 Å². The molecule has 142 valence electrons. The van der Waals surface area contributed by atoms with Crippen molar-refractivity contribution in [1.82, 2.24) is 15.6 Å². The molecule has 1 saturated heterocycles. The molecule has 6 heteroatoms. The molecule has 1 amide bonds. The first kappa shape index (κ1) is 17.8. The van der Waals surface area contributed by atoms with Crippen LogP contribution in [0.25, 0.3) is 0 Å². The average Bonchev–Trinajstić information content (AvgIpc) is 3.40. The number of pyridine rings is 1. The molecule has 27 heavy (non-hydrogen) atoms. The molecular formula is C21H26N4O2. The molecule has 1 aliphatic carbocycles. The zero-order valence-electron chi connectivity index (χ0n) is 15.6. The molecule has 6 nitrogen and oxygen atoms in total. The fourth-order valence-electron chi connectivity index (χ4n) is 3.34. The molecule has 2 aromatic rings. The van der Waals surface area contributed by atoms with E-state index in [1.165, 1.54) is 5.56 Å². The van der Waals surface area contributed by atoms with Crippen LogP contribution in [0.1, 0.15) is 35.2 Å². The minimum Gasteiger partial charge on any atom is -0.497 e. The third-order valence-corrected chi connectivity index (χ3v) is 5.19. The van der Waals surface area contributed by atoms with E-state index >= 15 is 0 Å². The Balaban J connectivity index is 1.27. The van der Waals surface area contributed by atoms with E-state index in [1.54, 1.807) is 13.3 Å². The van der Waals surface area contributed by atoms with Crippen LogP contribution in [0.5, 0.6) is 5.75 Å². The van der Waals surface area contributed by atoms with Gasteiger partial charge in [-0.15, -0.1) is 0 Å². The van der Waals surface area contributed by atoms with Gasteiger partial charge in [0.2, 0.25) is 0 Å². The number of hydrogen-bond acceptors (Lipinski definition) is 5. The first-order valence-corrected chi connectivity index (χ1v) is 9.59. The number of aromatic nitrogens is 1. The van der Waals surface area contributed by atoms with Gasteiger partial charge in [-0.2, -0.15) is 0 Å². The van der Waals surface area contributed by atoms with Gasteiger partial charge in [0.25, 0.3) is 5.91 Å². The summed E-state index contributed by atoms with van der Waals surface area (Å²) in [5.74, 6) is 1.80. The van der Waals surface area contributed by atoms with Gasteiger partial charge in [-0.25, -0.2) is 4.98 Å². The Morgan fingerprint density at radius 2 is 1.96 bits per heavy atom. The lowest BCUT2D eigenvalue weighted by atomic mass is 10.2. The van der Waals surface area contributed by atoms with E-state index in [0.29, 0.717) is 17.6 Å². The topological polar surface area (TPSA) is 66.5 Å². The van der Waals surface area contributed by atoms with Gasteiger partial charge in [0.15, 0.2) is 0 Å². The highest BCUT2D eigenvalue weighted by molar-refractivity contribution is 5.94. The number of nitrogens with one attached hydrogen (secondary N) is 2. The van der Waals surface area contributed by atoms with Crippen LogP contribution in [0.2, 0.25) is 0 Å². The molecule has 2 heterocycles. The SMILES string of the molecule is COc1ccc(CN[C@H]2CCN(c3ccc(C(=O)NC4CC4)cn3)C2)cc1. The van der Waals surface area contributed by atoms with Crippen molar-refractivity contribution in [3.8, 4) is 5.75 Å². The Kier molecular flexibility index (Phi) is 5.25. The van der Waals surface area contributed by atoms with Gasteiger partial charge in [-0.1, -0.05) is 12.1 Å². The zero-order chi connectivity index (χ0) is 18.6. The Morgan fingerprint density at radius 1 is 1.15 bits per heavy atom. The van der Waals surface area contributed by atoms with Gasteiger partial charge >= 0.3 is 0 Å². The standard InChI is InChI=1S/C21H26N4O2/c1-27-19-7-2-15(3-8-19)12-22-18-10-11-25(14-18)20-9-4-16(13-23-20)21(26)24-17-5-6-17/h2-4,7-9,13,17-18,22H,5-6,10-12,14H2,1H3,(H,24,26)/t18-/m0/s1. The maximum atomic E-state index is 12.1. The minimum atomic E-state index is -0.0167. The number of methoxy groups -OCH3 is 1. The number of benzene rings is 1. The summed E-state index contributed by atoms with van der Waals surface area (Å²) in [4.78, 5) is 18.8. The lowest BCUT2D eigenvalue weighted by Crippen LogP contribution is -2.32. The largest absolute Gasteiger partial charge is 0.497 e. The third-order valence-electron chi connectivity index (χ3n) is 5.19. The quantitative estimate of drug-likeness (QED) is 0.787. The smallest absolute Gasteiger partial charge is 0.253 e. The second-order valence-electron chi connectivity index (χ2n) is 7.31. The first-order chi connectivity index (χ1) is 13.2. The molecular weight excluding hydrogens is 340 g/mol. The van der Waals surface area contributed by atoms with Crippen molar-refractivity contribution in [2.75, 3.05) is 25.1 Å². The highest BCUT2D eigenvalue weighted by atomic mass is 16.5. The molecule has 1 aliphatic heterocycles.